The van der Waals surface area contributed by atoms with Gasteiger partial charge in [-0.25, -0.2) is 0 Å². The van der Waals surface area contributed by atoms with Crippen LogP contribution in [0.3, 0.4) is 0 Å². The molecule has 3 nitrogen and oxygen atoms in total. The Morgan fingerprint density at radius 2 is 1.86 bits per heavy atom. The van der Waals surface area contributed by atoms with Crippen LogP contribution in [0.25, 0.3) is 0 Å². The molecule has 0 spiro atoms. The van der Waals surface area contributed by atoms with Crippen LogP contribution in [0.4, 0.5) is 0 Å². The molecule has 0 unspecified atom stereocenters. The van der Waals surface area contributed by atoms with Crippen LogP contribution in [0.5, 0.6) is 0 Å². The van der Waals surface area contributed by atoms with E-state index in [2.05, 4.69) is 19.9 Å². The first-order valence-electron chi connectivity index (χ1n) is 5.40. The SMILES string of the molecule is CCCC(C#N)(CCC)OCCCO. The number of hydrogen-bond donors (Lipinski definition) is 1. The Labute approximate surface area is 86.7 Å². The molecule has 0 aromatic heterocycles. The number of ether oxygens (including phenoxy) is 1. The fourth-order valence-corrected chi connectivity index (χ4v) is 1.55. The summed E-state index contributed by atoms with van der Waals surface area (Å²) in [6.45, 7) is 4.71. The second-order valence-electron chi connectivity index (χ2n) is 3.53. The van der Waals surface area contributed by atoms with E-state index in [9.17, 15) is 0 Å². The van der Waals surface area contributed by atoms with Gasteiger partial charge in [0.2, 0.25) is 0 Å². The van der Waals surface area contributed by atoms with E-state index in [1.807, 2.05) is 0 Å². The summed E-state index contributed by atoms with van der Waals surface area (Å²) in [5.74, 6) is 0. The molecular weight excluding hydrogens is 178 g/mol. The van der Waals surface area contributed by atoms with E-state index in [-0.39, 0.29) is 6.61 Å². The minimum absolute atomic E-state index is 0.125. The summed E-state index contributed by atoms with van der Waals surface area (Å²) in [4.78, 5) is 0. The number of nitrogens with zero attached hydrogens (tertiary/aromatic N) is 1. The van der Waals surface area contributed by atoms with Crippen LogP contribution in [-0.2, 0) is 4.74 Å². The van der Waals surface area contributed by atoms with Crippen LogP contribution in [0, 0.1) is 11.3 Å². The average Bonchev–Trinajstić information content (AvgIpc) is 2.19. The molecule has 0 aliphatic rings. The van der Waals surface area contributed by atoms with E-state index in [0.717, 1.165) is 25.7 Å². The molecule has 3 heteroatoms. The van der Waals surface area contributed by atoms with E-state index < -0.39 is 5.60 Å². The Morgan fingerprint density at radius 1 is 1.29 bits per heavy atom. The smallest absolute Gasteiger partial charge is 0.154 e. The molecule has 1 N–H and O–H groups in total. The maximum absolute atomic E-state index is 9.10. The number of aliphatic hydroxyl groups excluding tert-OH is 1. The lowest BCUT2D eigenvalue weighted by Gasteiger charge is -2.26. The summed E-state index contributed by atoms with van der Waals surface area (Å²) in [7, 11) is 0. The molecule has 0 fully saturated rings. The van der Waals surface area contributed by atoms with Crippen LogP contribution < -0.4 is 0 Å². The van der Waals surface area contributed by atoms with Gasteiger partial charge in [-0.05, 0) is 19.3 Å². The molecule has 0 heterocycles. The van der Waals surface area contributed by atoms with Gasteiger partial charge < -0.3 is 9.84 Å². The van der Waals surface area contributed by atoms with Gasteiger partial charge in [-0.3, -0.25) is 0 Å². The number of nitriles is 1. The van der Waals surface area contributed by atoms with Crippen molar-refractivity contribution in [3.8, 4) is 6.07 Å². The Balaban J connectivity index is 4.12. The van der Waals surface area contributed by atoms with Gasteiger partial charge in [-0.2, -0.15) is 5.26 Å². The van der Waals surface area contributed by atoms with Crippen molar-refractivity contribution >= 4 is 0 Å². The fraction of sp³-hybridized carbons (Fsp3) is 0.909. The molecule has 0 aromatic rings. The zero-order valence-corrected chi connectivity index (χ0v) is 9.25. The zero-order valence-electron chi connectivity index (χ0n) is 9.25. The van der Waals surface area contributed by atoms with Crippen molar-refractivity contribution in [2.45, 2.75) is 51.6 Å². The lowest BCUT2D eigenvalue weighted by molar-refractivity contribution is -0.0207. The normalized spacial score (nSPS) is 11.3. The van der Waals surface area contributed by atoms with Gasteiger partial charge in [-0.1, -0.05) is 26.7 Å². The first kappa shape index (κ1) is 13.4. The van der Waals surface area contributed by atoms with Gasteiger partial charge in [0.15, 0.2) is 5.60 Å². The lowest BCUT2D eigenvalue weighted by Crippen LogP contribution is -2.31. The highest BCUT2D eigenvalue weighted by Crippen LogP contribution is 2.23. The van der Waals surface area contributed by atoms with Gasteiger partial charge in [0, 0.05) is 6.61 Å². The maximum atomic E-state index is 9.10. The van der Waals surface area contributed by atoms with Gasteiger partial charge in [0.05, 0.1) is 12.7 Å². The molecule has 0 rings (SSSR count). The molecule has 0 saturated carbocycles. The van der Waals surface area contributed by atoms with Crippen molar-refractivity contribution in [3.63, 3.8) is 0 Å². The number of hydrogen-bond acceptors (Lipinski definition) is 3. The van der Waals surface area contributed by atoms with Crippen molar-refractivity contribution in [1.29, 1.82) is 5.26 Å². The average molecular weight is 199 g/mol. The molecule has 0 aliphatic carbocycles. The zero-order chi connectivity index (χ0) is 10.9. The summed E-state index contributed by atoms with van der Waals surface area (Å²) >= 11 is 0. The van der Waals surface area contributed by atoms with Crippen LogP contribution in [0.1, 0.15) is 46.0 Å². The molecule has 0 bridgehead atoms. The summed E-state index contributed by atoms with van der Waals surface area (Å²) in [6.07, 6.45) is 4.07. The topological polar surface area (TPSA) is 53.2 Å². The highest BCUT2D eigenvalue weighted by Gasteiger charge is 2.28. The largest absolute Gasteiger partial charge is 0.396 e. The minimum Gasteiger partial charge on any atom is -0.396 e. The molecule has 0 radical (unpaired) electrons. The molecule has 0 atom stereocenters. The van der Waals surface area contributed by atoms with E-state index in [1.54, 1.807) is 0 Å². The third kappa shape index (κ3) is 4.59. The van der Waals surface area contributed by atoms with Crippen molar-refractivity contribution in [1.82, 2.24) is 0 Å². The van der Waals surface area contributed by atoms with Crippen molar-refractivity contribution in [2.24, 2.45) is 0 Å². The monoisotopic (exact) mass is 199 g/mol. The summed E-state index contributed by atoms with van der Waals surface area (Å²) < 4.78 is 5.58. The predicted molar refractivity (Wildman–Crippen MR) is 55.8 cm³/mol. The maximum Gasteiger partial charge on any atom is 0.154 e. The van der Waals surface area contributed by atoms with E-state index in [0.29, 0.717) is 13.0 Å². The summed E-state index contributed by atoms with van der Waals surface area (Å²) in [5, 5.41) is 17.7. The van der Waals surface area contributed by atoms with Gasteiger partial charge >= 0.3 is 0 Å². The van der Waals surface area contributed by atoms with Gasteiger partial charge in [-0.15, -0.1) is 0 Å². The van der Waals surface area contributed by atoms with Crippen LogP contribution >= 0.6 is 0 Å². The molecule has 0 saturated heterocycles. The summed E-state index contributed by atoms with van der Waals surface area (Å²) in [5.41, 5.74) is -0.612. The van der Waals surface area contributed by atoms with Crippen LogP contribution in [-0.4, -0.2) is 23.9 Å². The molecule has 14 heavy (non-hydrogen) atoms. The van der Waals surface area contributed by atoms with E-state index >= 15 is 0 Å². The number of aliphatic hydroxyl groups is 1. The van der Waals surface area contributed by atoms with Crippen molar-refractivity contribution in [2.75, 3.05) is 13.2 Å². The molecule has 0 aromatic carbocycles. The Bertz CT molecular complexity index is 169. The first-order chi connectivity index (χ1) is 6.74. The molecule has 0 aliphatic heterocycles. The Morgan fingerprint density at radius 3 is 2.21 bits per heavy atom. The predicted octanol–water partition coefficient (Wildman–Crippen LogP) is 2.25. The van der Waals surface area contributed by atoms with Crippen molar-refractivity contribution < 1.29 is 9.84 Å². The lowest BCUT2D eigenvalue weighted by atomic mass is 9.94. The quantitative estimate of drug-likeness (QED) is 0.610. The third-order valence-electron chi connectivity index (χ3n) is 2.19. The fourth-order valence-electron chi connectivity index (χ4n) is 1.55. The minimum atomic E-state index is -0.612. The van der Waals surface area contributed by atoms with Gasteiger partial charge in [0.1, 0.15) is 0 Å². The standard InChI is InChI=1S/C11H21NO2/c1-3-6-11(10-12,7-4-2)14-9-5-8-13/h13H,3-9H2,1-2H3. The highest BCUT2D eigenvalue weighted by atomic mass is 16.5. The Kier molecular flexibility index (Phi) is 7.45. The van der Waals surface area contributed by atoms with Crippen LogP contribution in [0.15, 0.2) is 0 Å². The molecule has 0 amide bonds. The molecular formula is C11H21NO2. The first-order valence-corrected chi connectivity index (χ1v) is 5.40. The highest BCUT2D eigenvalue weighted by molar-refractivity contribution is 5.01. The van der Waals surface area contributed by atoms with E-state index in [4.69, 9.17) is 15.1 Å². The van der Waals surface area contributed by atoms with Crippen molar-refractivity contribution in [3.05, 3.63) is 0 Å². The summed E-state index contributed by atoms with van der Waals surface area (Å²) in [6, 6.07) is 2.27. The number of rotatable bonds is 8. The molecule has 82 valence electrons. The van der Waals surface area contributed by atoms with Crippen LogP contribution in [0.2, 0.25) is 0 Å². The second-order valence-corrected chi connectivity index (χ2v) is 3.53. The van der Waals surface area contributed by atoms with Gasteiger partial charge in [0.25, 0.3) is 0 Å². The van der Waals surface area contributed by atoms with E-state index in [1.165, 1.54) is 0 Å². The second kappa shape index (κ2) is 7.78. The Hall–Kier alpha value is -0.590. The third-order valence-corrected chi connectivity index (χ3v) is 2.19.